The van der Waals surface area contributed by atoms with Crippen LogP contribution in [0, 0.1) is 5.92 Å². The SMILES string of the molecule is COC(=O)[C@H]1CSc2[nH]c(=O)sc2[C@H]1c1ccc(OC)c(OC)c1. The van der Waals surface area contributed by atoms with Gasteiger partial charge in [-0.1, -0.05) is 17.4 Å². The Bertz CT molecular complexity index is 813. The van der Waals surface area contributed by atoms with Crippen LogP contribution in [0.3, 0.4) is 0 Å². The molecule has 1 aliphatic heterocycles. The number of hydrogen-bond donors (Lipinski definition) is 1. The maximum atomic E-state index is 12.3. The molecule has 2 aromatic rings. The molecule has 0 saturated carbocycles. The molecular weight excluding hydrogens is 350 g/mol. The van der Waals surface area contributed by atoms with Crippen molar-refractivity contribution in [3.8, 4) is 11.5 Å². The highest BCUT2D eigenvalue weighted by atomic mass is 32.2. The van der Waals surface area contributed by atoms with Crippen LogP contribution in [0.25, 0.3) is 0 Å². The lowest BCUT2D eigenvalue weighted by Crippen LogP contribution is -2.29. The third kappa shape index (κ3) is 2.91. The number of ether oxygens (including phenoxy) is 3. The van der Waals surface area contributed by atoms with Gasteiger partial charge in [0.05, 0.1) is 32.3 Å². The van der Waals surface area contributed by atoms with E-state index in [1.165, 1.54) is 18.9 Å². The number of methoxy groups -OCH3 is 3. The number of fused-ring (bicyclic) bond motifs is 1. The number of thioether (sulfide) groups is 1. The highest BCUT2D eigenvalue weighted by Gasteiger charge is 2.39. The summed E-state index contributed by atoms with van der Waals surface area (Å²) in [6, 6.07) is 5.55. The molecule has 1 aromatic heterocycles. The Labute approximate surface area is 147 Å². The minimum absolute atomic E-state index is 0.122. The molecule has 24 heavy (non-hydrogen) atoms. The standard InChI is InChI=1S/C16H17NO5S2/c1-20-10-5-4-8(6-11(10)21-2)12-9(15(18)22-3)7-23-14-13(12)24-16(19)17-14/h4-6,9,12H,7H2,1-3H3,(H,17,19)/t9-,12-/m0/s1. The maximum absolute atomic E-state index is 12.3. The first-order chi connectivity index (χ1) is 11.6. The number of carbonyl (C=O) groups is 1. The first kappa shape index (κ1) is 16.9. The number of aromatic amines is 1. The molecule has 0 spiro atoms. The summed E-state index contributed by atoms with van der Waals surface area (Å²) in [4.78, 5) is 27.6. The topological polar surface area (TPSA) is 77.6 Å². The number of aromatic nitrogens is 1. The number of esters is 1. The van der Waals surface area contributed by atoms with Crippen molar-refractivity contribution in [3.63, 3.8) is 0 Å². The van der Waals surface area contributed by atoms with Crippen LogP contribution in [-0.4, -0.2) is 38.0 Å². The van der Waals surface area contributed by atoms with E-state index in [4.69, 9.17) is 14.2 Å². The van der Waals surface area contributed by atoms with Gasteiger partial charge in [-0.05, 0) is 17.7 Å². The van der Waals surface area contributed by atoms with Crippen molar-refractivity contribution in [3.05, 3.63) is 38.3 Å². The van der Waals surface area contributed by atoms with Gasteiger partial charge in [-0.15, -0.1) is 11.8 Å². The van der Waals surface area contributed by atoms with Gasteiger partial charge >= 0.3 is 10.8 Å². The molecule has 6 nitrogen and oxygen atoms in total. The van der Waals surface area contributed by atoms with Crippen molar-refractivity contribution in [1.82, 2.24) is 4.98 Å². The Hall–Kier alpha value is -1.93. The summed E-state index contributed by atoms with van der Waals surface area (Å²) in [6.45, 7) is 0. The van der Waals surface area contributed by atoms with Gasteiger partial charge < -0.3 is 19.2 Å². The van der Waals surface area contributed by atoms with Crippen molar-refractivity contribution in [2.45, 2.75) is 10.9 Å². The molecule has 0 unspecified atom stereocenters. The van der Waals surface area contributed by atoms with Crippen molar-refractivity contribution >= 4 is 29.1 Å². The quantitative estimate of drug-likeness (QED) is 0.837. The molecule has 0 bridgehead atoms. The number of hydrogen-bond acceptors (Lipinski definition) is 7. The van der Waals surface area contributed by atoms with Gasteiger partial charge in [0, 0.05) is 16.5 Å². The van der Waals surface area contributed by atoms with E-state index in [0.29, 0.717) is 17.3 Å². The average molecular weight is 367 g/mol. The van der Waals surface area contributed by atoms with Crippen molar-refractivity contribution in [1.29, 1.82) is 0 Å². The fraction of sp³-hybridized carbons (Fsp3) is 0.375. The predicted octanol–water partition coefficient (Wildman–Crippen LogP) is 2.48. The van der Waals surface area contributed by atoms with Crippen LogP contribution in [0.5, 0.6) is 11.5 Å². The fourth-order valence-corrected chi connectivity index (χ4v) is 5.27. The summed E-state index contributed by atoms with van der Waals surface area (Å²) in [6.07, 6.45) is 0. The molecule has 0 fully saturated rings. The van der Waals surface area contributed by atoms with Crippen LogP contribution in [-0.2, 0) is 9.53 Å². The zero-order chi connectivity index (χ0) is 17.3. The number of carbonyl (C=O) groups excluding carboxylic acids is 1. The lowest BCUT2D eigenvalue weighted by molar-refractivity contribution is -0.145. The van der Waals surface area contributed by atoms with Crippen LogP contribution in [0.1, 0.15) is 16.4 Å². The summed E-state index contributed by atoms with van der Waals surface area (Å²) in [5.74, 6) is 0.846. The predicted molar refractivity (Wildman–Crippen MR) is 92.6 cm³/mol. The van der Waals surface area contributed by atoms with Gasteiger partial charge in [-0.25, -0.2) is 0 Å². The van der Waals surface area contributed by atoms with E-state index in [9.17, 15) is 9.59 Å². The maximum Gasteiger partial charge on any atom is 0.310 e. The Morgan fingerprint density at radius 2 is 1.96 bits per heavy atom. The zero-order valence-corrected chi connectivity index (χ0v) is 15.1. The Morgan fingerprint density at radius 1 is 1.21 bits per heavy atom. The number of H-pyrrole nitrogens is 1. The molecule has 3 rings (SSSR count). The number of thiazole rings is 1. The second-order valence-electron chi connectivity index (χ2n) is 5.24. The van der Waals surface area contributed by atoms with Crippen molar-refractivity contribution in [2.24, 2.45) is 5.92 Å². The third-order valence-corrected chi connectivity index (χ3v) is 6.24. The minimum Gasteiger partial charge on any atom is -0.493 e. The van der Waals surface area contributed by atoms with E-state index in [1.54, 1.807) is 20.3 Å². The van der Waals surface area contributed by atoms with Crippen LogP contribution in [0.15, 0.2) is 28.0 Å². The van der Waals surface area contributed by atoms with Gasteiger partial charge in [0.2, 0.25) is 0 Å². The lowest BCUT2D eigenvalue weighted by atomic mass is 9.85. The second-order valence-corrected chi connectivity index (χ2v) is 7.29. The van der Waals surface area contributed by atoms with E-state index in [-0.39, 0.29) is 22.7 Å². The van der Waals surface area contributed by atoms with Gasteiger partial charge in [0.25, 0.3) is 0 Å². The van der Waals surface area contributed by atoms with E-state index in [1.807, 2.05) is 12.1 Å². The molecule has 1 aromatic carbocycles. The van der Waals surface area contributed by atoms with Crippen LogP contribution in [0.2, 0.25) is 0 Å². The molecule has 1 N–H and O–H groups in total. The largest absolute Gasteiger partial charge is 0.493 e. The fourth-order valence-electron chi connectivity index (χ4n) is 2.88. The highest BCUT2D eigenvalue weighted by Crippen LogP contribution is 2.46. The highest BCUT2D eigenvalue weighted by molar-refractivity contribution is 7.99. The molecule has 0 radical (unpaired) electrons. The smallest absolute Gasteiger partial charge is 0.310 e. The van der Waals surface area contributed by atoms with Gasteiger partial charge in [-0.2, -0.15) is 0 Å². The Balaban J connectivity index is 2.13. The number of benzene rings is 1. The zero-order valence-electron chi connectivity index (χ0n) is 13.5. The second kappa shape index (κ2) is 6.90. The van der Waals surface area contributed by atoms with E-state index >= 15 is 0 Å². The van der Waals surface area contributed by atoms with Crippen molar-refractivity contribution in [2.75, 3.05) is 27.1 Å². The molecule has 2 heterocycles. The van der Waals surface area contributed by atoms with E-state index < -0.39 is 0 Å². The van der Waals surface area contributed by atoms with Gasteiger partial charge in [-0.3, -0.25) is 9.59 Å². The molecular formula is C16H17NO5S2. The number of rotatable bonds is 4. The molecule has 0 amide bonds. The first-order valence-corrected chi connectivity index (χ1v) is 9.04. The normalized spacial score (nSPS) is 19.5. The summed E-state index contributed by atoms with van der Waals surface area (Å²) in [5.41, 5.74) is 0.889. The molecule has 8 heteroatoms. The van der Waals surface area contributed by atoms with Crippen LogP contribution in [0.4, 0.5) is 0 Å². The Morgan fingerprint density at radius 3 is 2.62 bits per heavy atom. The summed E-state index contributed by atoms with van der Waals surface area (Å²) < 4.78 is 15.6. The van der Waals surface area contributed by atoms with Gasteiger partial charge in [0.15, 0.2) is 11.5 Å². The van der Waals surface area contributed by atoms with Crippen molar-refractivity contribution < 1.29 is 19.0 Å². The van der Waals surface area contributed by atoms with E-state index in [0.717, 1.165) is 26.8 Å². The summed E-state index contributed by atoms with van der Waals surface area (Å²) in [5, 5.41) is 0.824. The molecule has 0 saturated heterocycles. The van der Waals surface area contributed by atoms with Gasteiger partial charge in [0.1, 0.15) is 0 Å². The third-order valence-electron chi connectivity index (χ3n) is 4.00. The minimum atomic E-state index is -0.364. The average Bonchev–Trinajstić information content (AvgIpc) is 2.99. The molecule has 128 valence electrons. The molecule has 2 atom stereocenters. The monoisotopic (exact) mass is 367 g/mol. The summed E-state index contributed by atoms with van der Waals surface area (Å²) in [7, 11) is 4.52. The number of nitrogens with one attached hydrogen (secondary N) is 1. The molecule has 1 aliphatic rings. The van der Waals surface area contributed by atoms with Crippen LogP contribution < -0.4 is 14.3 Å². The molecule has 0 aliphatic carbocycles. The van der Waals surface area contributed by atoms with E-state index in [2.05, 4.69) is 4.98 Å². The Kier molecular flexibility index (Phi) is 4.86. The summed E-state index contributed by atoms with van der Waals surface area (Å²) >= 11 is 2.61. The lowest BCUT2D eigenvalue weighted by Gasteiger charge is -2.29. The first-order valence-electron chi connectivity index (χ1n) is 7.24. The van der Waals surface area contributed by atoms with Crippen LogP contribution >= 0.6 is 23.1 Å².